The molecular weight excluding hydrogens is 224 g/mol. The number of benzene rings is 1. The predicted molar refractivity (Wildman–Crippen MR) is 68.5 cm³/mol. The molecule has 0 bridgehead atoms. The van der Waals surface area contributed by atoms with Crippen LogP contribution in [-0.2, 0) is 0 Å². The van der Waals surface area contributed by atoms with Crippen LogP contribution in [0.1, 0.15) is 19.4 Å². The SMILES string of the molecule is CCOc1ccc(C=C(C)CCl)cc1OC. The highest BCUT2D eigenvalue weighted by atomic mass is 35.5. The Morgan fingerprint density at radius 2 is 2.12 bits per heavy atom. The van der Waals surface area contributed by atoms with E-state index < -0.39 is 0 Å². The molecule has 3 heteroatoms. The molecule has 16 heavy (non-hydrogen) atoms. The third-order valence-electron chi connectivity index (χ3n) is 2.11. The average Bonchev–Trinajstić information content (AvgIpc) is 2.31. The molecule has 0 aliphatic rings. The summed E-state index contributed by atoms with van der Waals surface area (Å²) in [6.45, 7) is 4.58. The standard InChI is InChI=1S/C13H17ClO2/c1-4-16-12-6-5-11(7-10(2)9-14)8-13(12)15-3/h5-8H,4,9H2,1-3H3. The van der Waals surface area contributed by atoms with Crippen molar-refractivity contribution in [2.75, 3.05) is 19.6 Å². The van der Waals surface area contributed by atoms with E-state index in [1.807, 2.05) is 38.1 Å². The van der Waals surface area contributed by atoms with E-state index in [0.29, 0.717) is 12.5 Å². The summed E-state index contributed by atoms with van der Waals surface area (Å²) in [6.07, 6.45) is 2.03. The second kappa shape index (κ2) is 6.44. The van der Waals surface area contributed by atoms with Crippen LogP contribution in [0, 0.1) is 0 Å². The number of ether oxygens (including phenoxy) is 2. The molecule has 0 unspecified atom stereocenters. The number of alkyl halides is 1. The first-order chi connectivity index (χ1) is 7.71. The highest BCUT2D eigenvalue weighted by Gasteiger charge is 2.03. The number of halogens is 1. The maximum atomic E-state index is 5.73. The molecule has 0 heterocycles. The van der Waals surface area contributed by atoms with Crippen LogP contribution in [0.3, 0.4) is 0 Å². The Kier molecular flexibility index (Phi) is 5.20. The smallest absolute Gasteiger partial charge is 0.161 e. The van der Waals surface area contributed by atoms with Crippen molar-refractivity contribution in [3.63, 3.8) is 0 Å². The zero-order valence-corrected chi connectivity index (χ0v) is 10.7. The molecule has 2 nitrogen and oxygen atoms in total. The Labute approximate surface area is 102 Å². The van der Waals surface area contributed by atoms with Crippen molar-refractivity contribution >= 4 is 17.7 Å². The summed E-state index contributed by atoms with van der Waals surface area (Å²) in [4.78, 5) is 0. The Morgan fingerprint density at radius 1 is 1.38 bits per heavy atom. The summed E-state index contributed by atoms with van der Waals surface area (Å²) in [5.74, 6) is 2.05. The largest absolute Gasteiger partial charge is 0.493 e. The van der Waals surface area contributed by atoms with E-state index in [-0.39, 0.29) is 0 Å². The molecule has 0 aromatic heterocycles. The first kappa shape index (κ1) is 12.9. The molecule has 88 valence electrons. The van der Waals surface area contributed by atoms with Crippen LogP contribution in [0.5, 0.6) is 11.5 Å². The monoisotopic (exact) mass is 240 g/mol. The highest BCUT2D eigenvalue weighted by molar-refractivity contribution is 6.19. The van der Waals surface area contributed by atoms with E-state index in [4.69, 9.17) is 21.1 Å². The molecule has 0 saturated carbocycles. The normalized spacial score (nSPS) is 11.4. The maximum absolute atomic E-state index is 5.73. The lowest BCUT2D eigenvalue weighted by atomic mass is 10.1. The quantitative estimate of drug-likeness (QED) is 0.730. The maximum Gasteiger partial charge on any atom is 0.161 e. The average molecular weight is 241 g/mol. The summed E-state index contributed by atoms with van der Waals surface area (Å²) in [5, 5.41) is 0. The Balaban J connectivity index is 2.99. The second-order valence-corrected chi connectivity index (χ2v) is 3.73. The molecular formula is C13H17ClO2. The van der Waals surface area contributed by atoms with Gasteiger partial charge in [-0.1, -0.05) is 17.7 Å². The number of rotatable bonds is 5. The van der Waals surface area contributed by atoms with Gasteiger partial charge in [0.15, 0.2) is 11.5 Å². The third-order valence-corrected chi connectivity index (χ3v) is 2.53. The van der Waals surface area contributed by atoms with Crippen molar-refractivity contribution in [2.45, 2.75) is 13.8 Å². The van der Waals surface area contributed by atoms with E-state index in [9.17, 15) is 0 Å². The summed E-state index contributed by atoms with van der Waals surface area (Å²) in [6, 6.07) is 5.85. The molecule has 0 aliphatic carbocycles. The van der Waals surface area contributed by atoms with Crippen molar-refractivity contribution in [1.29, 1.82) is 0 Å². The van der Waals surface area contributed by atoms with Gasteiger partial charge < -0.3 is 9.47 Å². The van der Waals surface area contributed by atoms with Gasteiger partial charge in [-0.05, 0) is 31.5 Å². The molecule has 1 rings (SSSR count). The topological polar surface area (TPSA) is 18.5 Å². The van der Waals surface area contributed by atoms with Gasteiger partial charge in [0.05, 0.1) is 13.7 Å². The van der Waals surface area contributed by atoms with Gasteiger partial charge >= 0.3 is 0 Å². The zero-order chi connectivity index (χ0) is 12.0. The van der Waals surface area contributed by atoms with Gasteiger partial charge in [-0.15, -0.1) is 11.6 Å². The van der Waals surface area contributed by atoms with E-state index in [0.717, 1.165) is 22.6 Å². The first-order valence-corrected chi connectivity index (χ1v) is 5.78. The van der Waals surface area contributed by atoms with Gasteiger partial charge in [-0.25, -0.2) is 0 Å². The third kappa shape index (κ3) is 3.46. The summed E-state index contributed by atoms with van der Waals surface area (Å²) >= 11 is 5.73. The van der Waals surface area contributed by atoms with Gasteiger partial charge in [0.1, 0.15) is 0 Å². The van der Waals surface area contributed by atoms with Crippen LogP contribution in [-0.4, -0.2) is 19.6 Å². The van der Waals surface area contributed by atoms with Gasteiger partial charge in [-0.3, -0.25) is 0 Å². The predicted octanol–water partition coefficient (Wildman–Crippen LogP) is 3.74. The van der Waals surface area contributed by atoms with Crippen molar-refractivity contribution in [2.24, 2.45) is 0 Å². The molecule has 0 N–H and O–H groups in total. The number of hydrogen-bond donors (Lipinski definition) is 0. The molecule has 0 radical (unpaired) electrons. The minimum absolute atomic E-state index is 0.537. The molecule has 0 fully saturated rings. The minimum Gasteiger partial charge on any atom is -0.493 e. The molecule has 0 amide bonds. The van der Waals surface area contributed by atoms with Gasteiger partial charge in [0.25, 0.3) is 0 Å². The lowest BCUT2D eigenvalue weighted by molar-refractivity contribution is 0.311. The van der Waals surface area contributed by atoms with Gasteiger partial charge in [0, 0.05) is 5.88 Å². The lowest BCUT2D eigenvalue weighted by Gasteiger charge is -2.09. The van der Waals surface area contributed by atoms with Gasteiger partial charge in [0.2, 0.25) is 0 Å². The summed E-state index contributed by atoms with van der Waals surface area (Å²) < 4.78 is 10.7. The Bertz CT molecular complexity index is 372. The first-order valence-electron chi connectivity index (χ1n) is 5.25. The molecule has 0 atom stereocenters. The fourth-order valence-corrected chi connectivity index (χ4v) is 1.45. The van der Waals surface area contributed by atoms with Crippen molar-refractivity contribution in [3.05, 3.63) is 29.3 Å². The van der Waals surface area contributed by atoms with Crippen LogP contribution in [0.2, 0.25) is 0 Å². The van der Waals surface area contributed by atoms with Crippen LogP contribution in [0.15, 0.2) is 23.8 Å². The highest BCUT2D eigenvalue weighted by Crippen LogP contribution is 2.28. The number of allylic oxidation sites excluding steroid dienone is 1. The Hall–Kier alpha value is -1.15. The summed E-state index contributed by atoms with van der Waals surface area (Å²) in [7, 11) is 1.64. The molecule has 0 aliphatic heterocycles. The molecule has 0 spiro atoms. The van der Waals surface area contributed by atoms with Crippen LogP contribution in [0.25, 0.3) is 6.08 Å². The van der Waals surface area contributed by atoms with Gasteiger partial charge in [-0.2, -0.15) is 0 Å². The van der Waals surface area contributed by atoms with Crippen LogP contribution >= 0.6 is 11.6 Å². The van der Waals surface area contributed by atoms with Crippen molar-refractivity contribution in [3.8, 4) is 11.5 Å². The fraction of sp³-hybridized carbons (Fsp3) is 0.385. The van der Waals surface area contributed by atoms with Crippen molar-refractivity contribution in [1.82, 2.24) is 0 Å². The van der Waals surface area contributed by atoms with E-state index in [2.05, 4.69) is 0 Å². The number of methoxy groups -OCH3 is 1. The minimum atomic E-state index is 0.537. The Morgan fingerprint density at radius 3 is 2.69 bits per heavy atom. The molecule has 1 aromatic rings. The molecule has 1 aromatic carbocycles. The fourth-order valence-electron chi connectivity index (χ4n) is 1.37. The van der Waals surface area contributed by atoms with Crippen molar-refractivity contribution < 1.29 is 9.47 Å². The lowest BCUT2D eigenvalue weighted by Crippen LogP contribution is -1.95. The zero-order valence-electron chi connectivity index (χ0n) is 9.92. The summed E-state index contributed by atoms with van der Waals surface area (Å²) in [5.41, 5.74) is 2.19. The van der Waals surface area contributed by atoms with Crippen LogP contribution in [0.4, 0.5) is 0 Å². The molecule has 0 saturated heterocycles. The van der Waals surface area contributed by atoms with Crippen LogP contribution < -0.4 is 9.47 Å². The van der Waals surface area contributed by atoms with E-state index in [1.54, 1.807) is 7.11 Å². The van der Waals surface area contributed by atoms with E-state index in [1.165, 1.54) is 0 Å². The number of hydrogen-bond acceptors (Lipinski definition) is 2. The van der Waals surface area contributed by atoms with E-state index >= 15 is 0 Å². The second-order valence-electron chi connectivity index (χ2n) is 3.47.